The number of thioether (sulfide) groups is 1. The molecule has 0 bridgehead atoms. The number of benzene rings is 3. The van der Waals surface area contributed by atoms with Crippen LogP contribution in [0.1, 0.15) is 23.3 Å². The summed E-state index contributed by atoms with van der Waals surface area (Å²) in [7, 11) is 0. The van der Waals surface area contributed by atoms with Gasteiger partial charge in [0.25, 0.3) is 5.91 Å². The number of aromatic amines is 1. The van der Waals surface area contributed by atoms with Crippen molar-refractivity contribution in [3.05, 3.63) is 95.8 Å². The maximum atomic E-state index is 13.9. The van der Waals surface area contributed by atoms with Gasteiger partial charge in [0.1, 0.15) is 5.25 Å². The molecular formula is C30H22Cl3N3O6S2. The summed E-state index contributed by atoms with van der Waals surface area (Å²) in [4.78, 5) is 57.0. The number of thiazole rings is 1. The van der Waals surface area contributed by atoms with Gasteiger partial charge in [-0.3, -0.25) is 19.2 Å². The summed E-state index contributed by atoms with van der Waals surface area (Å²) in [6.07, 6.45) is 0. The average Bonchev–Trinajstić information content (AvgIpc) is 3.49. The van der Waals surface area contributed by atoms with Crippen LogP contribution in [0.3, 0.4) is 0 Å². The number of aromatic nitrogens is 1. The van der Waals surface area contributed by atoms with Gasteiger partial charge in [-0.25, -0.2) is 4.90 Å². The number of H-pyrrole nitrogens is 1. The van der Waals surface area contributed by atoms with Gasteiger partial charge >= 0.3 is 4.87 Å². The number of imide groups is 1. The second-order valence-electron chi connectivity index (χ2n) is 9.84. The van der Waals surface area contributed by atoms with Crippen LogP contribution in [0, 0.1) is 5.92 Å². The number of nitrogens with one attached hydrogen (secondary N) is 2. The van der Waals surface area contributed by atoms with Crippen LogP contribution in [-0.4, -0.2) is 41.2 Å². The van der Waals surface area contributed by atoms with Gasteiger partial charge in [0.15, 0.2) is 18.1 Å². The van der Waals surface area contributed by atoms with E-state index in [0.717, 1.165) is 11.3 Å². The minimum atomic E-state index is -0.777. The predicted molar refractivity (Wildman–Crippen MR) is 172 cm³/mol. The monoisotopic (exact) mass is 689 g/mol. The van der Waals surface area contributed by atoms with Gasteiger partial charge in [0, 0.05) is 21.5 Å². The van der Waals surface area contributed by atoms with E-state index in [0.29, 0.717) is 60.0 Å². The molecule has 0 saturated carbocycles. The third-order valence-corrected chi connectivity index (χ3v) is 10.5. The van der Waals surface area contributed by atoms with Crippen LogP contribution < -0.4 is 24.6 Å². The summed E-state index contributed by atoms with van der Waals surface area (Å²) in [5.41, 5.74) is 1.54. The SMILES string of the molecule is CCOc1cc(C2c3sc(=O)[nH]c3SC3C(=O)N(c4ccc(Cl)cc4)C(=O)C32)ccc1OCC(=O)Nc1ccc(Cl)c(Cl)c1. The molecule has 44 heavy (non-hydrogen) atoms. The van der Waals surface area contributed by atoms with Crippen molar-refractivity contribution in [1.82, 2.24) is 4.98 Å². The predicted octanol–water partition coefficient (Wildman–Crippen LogP) is 6.61. The number of nitrogens with zero attached hydrogens (tertiary/aromatic N) is 1. The number of carbonyl (C=O) groups excluding carboxylic acids is 3. The molecule has 3 amide bonds. The molecule has 1 aromatic heterocycles. The van der Waals surface area contributed by atoms with Gasteiger partial charge < -0.3 is 19.8 Å². The van der Waals surface area contributed by atoms with Crippen molar-refractivity contribution < 1.29 is 23.9 Å². The quantitative estimate of drug-likeness (QED) is 0.200. The van der Waals surface area contributed by atoms with Gasteiger partial charge in [0.2, 0.25) is 11.8 Å². The van der Waals surface area contributed by atoms with E-state index in [4.69, 9.17) is 44.3 Å². The molecule has 3 heterocycles. The highest BCUT2D eigenvalue weighted by Gasteiger charge is 2.56. The summed E-state index contributed by atoms with van der Waals surface area (Å²) in [6.45, 7) is 1.78. The first-order valence-corrected chi connectivity index (χ1v) is 16.1. The molecule has 1 saturated heterocycles. The molecule has 0 aliphatic carbocycles. The average molecular weight is 691 g/mol. The number of ether oxygens (including phenoxy) is 2. The summed E-state index contributed by atoms with van der Waals surface area (Å²) in [5.74, 6) is -1.91. The lowest BCUT2D eigenvalue weighted by molar-refractivity contribution is -0.122. The number of amides is 3. The summed E-state index contributed by atoms with van der Waals surface area (Å²) in [6, 6.07) is 16.4. The third-order valence-electron chi connectivity index (χ3n) is 7.10. The molecule has 2 N–H and O–H groups in total. The number of carbonyl (C=O) groups is 3. The smallest absolute Gasteiger partial charge is 0.305 e. The van der Waals surface area contributed by atoms with Crippen LogP contribution in [0.4, 0.5) is 11.4 Å². The zero-order valence-corrected chi connectivity index (χ0v) is 26.7. The number of hydrogen-bond donors (Lipinski definition) is 2. The molecule has 0 radical (unpaired) electrons. The van der Waals surface area contributed by atoms with Crippen LogP contribution in [0.5, 0.6) is 11.5 Å². The molecular weight excluding hydrogens is 669 g/mol. The zero-order chi connectivity index (χ0) is 31.1. The van der Waals surface area contributed by atoms with Crippen molar-refractivity contribution >= 4 is 87.0 Å². The van der Waals surface area contributed by atoms with E-state index >= 15 is 0 Å². The molecule has 1 fully saturated rings. The molecule has 2 aliphatic heterocycles. The van der Waals surface area contributed by atoms with E-state index in [1.165, 1.54) is 22.7 Å². The number of hydrogen-bond acceptors (Lipinski definition) is 8. The van der Waals surface area contributed by atoms with E-state index in [-0.39, 0.29) is 23.3 Å². The minimum absolute atomic E-state index is 0.278. The lowest BCUT2D eigenvalue weighted by Gasteiger charge is -2.30. The van der Waals surface area contributed by atoms with E-state index in [9.17, 15) is 19.2 Å². The molecule has 4 aromatic rings. The number of rotatable bonds is 8. The van der Waals surface area contributed by atoms with Crippen LogP contribution in [-0.2, 0) is 14.4 Å². The van der Waals surface area contributed by atoms with Crippen molar-refractivity contribution in [3.63, 3.8) is 0 Å². The maximum absolute atomic E-state index is 13.9. The highest BCUT2D eigenvalue weighted by molar-refractivity contribution is 8.00. The standard InChI is InChI=1S/C30H22Cl3N3O6S2/c1-2-41-21-11-14(3-10-20(21)42-13-22(37)34-16-6-9-18(32)19(33)12-16)23-24-26(43-27-25(23)44-30(40)35-27)29(39)36(28(24)38)17-7-4-15(31)5-8-17/h3-12,23-24,26H,2,13H2,1H3,(H,34,37)(H,35,40). The Morgan fingerprint density at radius 2 is 1.70 bits per heavy atom. The first kappa shape index (κ1) is 30.5. The lowest BCUT2D eigenvalue weighted by atomic mass is 9.83. The normalized spacial score (nSPS) is 19.0. The van der Waals surface area contributed by atoms with Crippen molar-refractivity contribution in [1.29, 1.82) is 0 Å². The Balaban J connectivity index is 1.30. The third kappa shape index (κ3) is 5.82. The van der Waals surface area contributed by atoms with Crippen LogP contribution in [0.15, 0.2) is 70.5 Å². The zero-order valence-electron chi connectivity index (χ0n) is 22.8. The van der Waals surface area contributed by atoms with Crippen LogP contribution in [0.25, 0.3) is 0 Å². The van der Waals surface area contributed by atoms with Crippen molar-refractivity contribution in [2.24, 2.45) is 5.92 Å². The van der Waals surface area contributed by atoms with Gasteiger partial charge in [-0.05, 0) is 67.1 Å². The first-order chi connectivity index (χ1) is 21.1. The molecule has 3 atom stereocenters. The second kappa shape index (κ2) is 12.5. The van der Waals surface area contributed by atoms with Crippen LogP contribution >= 0.6 is 57.9 Å². The molecule has 0 spiro atoms. The highest BCUT2D eigenvalue weighted by Crippen LogP contribution is 2.53. The summed E-state index contributed by atoms with van der Waals surface area (Å²) >= 11 is 20.2. The van der Waals surface area contributed by atoms with Crippen LogP contribution in [0.2, 0.25) is 15.1 Å². The number of anilines is 2. The largest absolute Gasteiger partial charge is 0.490 e. The fourth-order valence-electron chi connectivity index (χ4n) is 5.24. The molecule has 9 nitrogen and oxygen atoms in total. The number of fused-ring (bicyclic) bond motifs is 2. The second-order valence-corrected chi connectivity index (χ2v) is 13.3. The number of halogens is 3. The molecule has 6 rings (SSSR count). The van der Waals surface area contributed by atoms with Crippen molar-refractivity contribution in [3.8, 4) is 11.5 Å². The molecule has 226 valence electrons. The Bertz CT molecular complexity index is 1840. The Labute approximate surface area is 274 Å². The van der Waals surface area contributed by atoms with Gasteiger partial charge in [-0.15, -0.1) is 0 Å². The Morgan fingerprint density at radius 1 is 0.932 bits per heavy atom. The summed E-state index contributed by atoms with van der Waals surface area (Å²) < 4.78 is 11.7. The van der Waals surface area contributed by atoms with Gasteiger partial charge in [-0.1, -0.05) is 64.0 Å². The highest BCUT2D eigenvalue weighted by atomic mass is 35.5. The van der Waals surface area contributed by atoms with E-state index < -0.39 is 23.0 Å². The Morgan fingerprint density at radius 3 is 2.43 bits per heavy atom. The van der Waals surface area contributed by atoms with Crippen molar-refractivity contribution in [2.45, 2.75) is 23.1 Å². The van der Waals surface area contributed by atoms with E-state index in [1.54, 1.807) is 61.5 Å². The topological polar surface area (TPSA) is 118 Å². The minimum Gasteiger partial charge on any atom is -0.490 e. The Hall–Kier alpha value is -3.48. The lowest BCUT2D eigenvalue weighted by Crippen LogP contribution is -2.32. The molecule has 3 aromatic carbocycles. The Kier molecular flexibility index (Phi) is 8.67. The first-order valence-electron chi connectivity index (χ1n) is 13.3. The fraction of sp³-hybridized carbons (Fsp3) is 0.200. The van der Waals surface area contributed by atoms with E-state index in [1.807, 2.05) is 0 Å². The summed E-state index contributed by atoms with van der Waals surface area (Å²) in [5, 5.41) is 3.66. The molecule has 14 heteroatoms. The maximum Gasteiger partial charge on any atom is 0.305 e. The molecule has 3 unspecified atom stereocenters. The van der Waals surface area contributed by atoms with Crippen molar-refractivity contribution in [2.75, 3.05) is 23.4 Å². The van der Waals surface area contributed by atoms with Gasteiger partial charge in [-0.2, -0.15) is 0 Å². The molecule has 2 aliphatic rings. The fourth-order valence-corrected chi connectivity index (χ4v) is 8.18. The van der Waals surface area contributed by atoms with E-state index in [2.05, 4.69) is 10.3 Å². The van der Waals surface area contributed by atoms with Gasteiger partial charge in [0.05, 0.1) is 33.3 Å².